The van der Waals surface area contributed by atoms with Gasteiger partial charge in [-0.3, -0.25) is 0 Å². The Morgan fingerprint density at radius 3 is 0.892 bits per heavy atom. The van der Waals surface area contributed by atoms with Gasteiger partial charge in [0.05, 0.1) is 0 Å². The number of fused-ring (bicyclic) bond motifs is 6. The van der Waals surface area contributed by atoms with Crippen LogP contribution >= 0.6 is 0 Å². The Morgan fingerprint density at radius 1 is 0.245 bits per heavy atom. The maximum Gasteiger partial charge on any atom is -0.0162 e. The molecule has 0 amide bonds. The van der Waals surface area contributed by atoms with Crippen LogP contribution in [-0.4, -0.2) is 0 Å². The molecule has 6 fully saturated rings. The largest absolute Gasteiger partial charge is 0.0625 e. The number of rotatable bonds is 6. The zero-order valence-electron chi connectivity index (χ0n) is 65.7. The van der Waals surface area contributed by atoms with Gasteiger partial charge in [-0.1, -0.05) is 356 Å². The first-order chi connectivity index (χ1) is 49.0. The van der Waals surface area contributed by atoms with Crippen molar-refractivity contribution in [3.63, 3.8) is 0 Å². The summed E-state index contributed by atoms with van der Waals surface area (Å²) in [5.74, 6) is 8.56. The van der Waals surface area contributed by atoms with E-state index in [9.17, 15) is 0 Å². The van der Waals surface area contributed by atoms with Gasteiger partial charge in [0, 0.05) is 0 Å². The van der Waals surface area contributed by atoms with Gasteiger partial charge in [-0.25, -0.2) is 0 Å². The van der Waals surface area contributed by atoms with E-state index >= 15 is 0 Å². The molecule has 10 aromatic rings. The predicted octanol–water partition coefficient (Wildman–Crippen LogP) is 30.0. The molecule has 6 aliphatic rings. The molecular formula is C102H126. The van der Waals surface area contributed by atoms with Crippen LogP contribution in [0.5, 0.6) is 0 Å². The van der Waals surface area contributed by atoms with Gasteiger partial charge in [-0.05, 0) is 268 Å². The molecular weight excluding hydrogens is 1230 g/mol. The molecule has 16 rings (SSSR count). The normalized spacial score (nSPS) is 26.1. The minimum atomic E-state index is 0.656. The molecule has 102 heavy (non-hydrogen) atoms. The number of hydrogen-bond acceptors (Lipinski definition) is 0. The van der Waals surface area contributed by atoms with Crippen molar-refractivity contribution < 1.29 is 0 Å². The molecule has 8 atom stereocenters. The van der Waals surface area contributed by atoms with E-state index in [1.54, 1.807) is 5.56 Å². The van der Waals surface area contributed by atoms with Gasteiger partial charge in [0.2, 0.25) is 0 Å². The van der Waals surface area contributed by atoms with Crippen molar-refractivity contribution in [1.82, 2.24) is 0 Å². The molecule has 10 aromatic carbocycles. The minimum Gasteiger partial charge on any atom is -0.0625 e. The zero-order chi connectivity index (χ0) is 72.1. The lowest BCUT2D eigenvalue weighted by Gasteiger charge is -2.65. The fourth-order valence-electron chi connectivity index (χ4n) is 19.6. The Kier molecular flexibility index (Phi) is 25.5. The molecule has 534 valence electrons. The van der Waals surface area contributed by atoms with Crippen molar-refractivity contribution in [3.05, 3.63) is 286 Å². The minimum absolute atomic E-state index is 0.656. The summed E-state index contributed by atoms with van der Waals surface area (Å²) in [5.41, 5.74) is 25.9. The summed E-state index contributed by atoms with van der Waals surface area (Å²) in [6.45, 7) is 34.9. The van der Waals surface area contributed by atoms with Crippen molar-refractivity contribution in [2.45, 2.75) is 225 Å². The lowest BCUT2D eigenvalue weighted by molar-refractivity contribution is -0.162. The van der Waals surface area contributed by atoms with E-state index in [-0.39, 0.29) is 0 Å². The van der Waals surface area contributed by atoms with E-state index < -0.39 is 0 Å². The molecule has 0 nitrogen and oxygen atoms in total. The highest BCUT2D eigenvalue weighted by molar-refractivity contribution is 5.83. The molecule has 0 bridgehead atoms. The Balaban J connectivity index is 0.000000125. The van der Waals surface area contributed by atoms with Gasteiger partial charge in [0.25, 0.3) is 0 Å². The fourth-order valence-corrected chi connectivity index (χ4v) is 19.6. The van der Waals surface area contributed by atoms with Crippen LogP contribution in [0.25, 0.3) is 55.3 Å². The second-order valence-electron chi connectivity index (χ2n) is 34.7. The van der Waals surface area contributed by atoms with E-state index in [1.807, 2.05) is 0 Å². The Hall–Kier alpha value is -7.54. The molecule has 6 saturated carbocycles. The van der Waals surface area contributed by atoms with Crippen LogP contribution in [0, 0.1) is 113 Å². The maximum absolute atomic E-state index is 2.73. The first-order valence-corrected chi connectivity index (χ1v) is 40.1. The van der Waals surface area contributed by atoms with Crippen LogP contribution in [0.2, 0.25) is 0 Å². The van der Waals surface area contributed by atoms with Crippen LogP contribution in [0.15, 0.2) is 231 Å². The van der Waals surface area contributed by atoms with Gasteiger partial charge in [-0.2, -0.15) is 0 Å². The van der Waals surface area contributed by atoms with Crippen molar-refractivity contribution in [2.24, 2.45) is 57.7 Å². The van der Waals surface area contributed by atoms with Crippen LogP contribution in [0.3, 0.4) is 0 Å². The summed E-state index contributed by atoms with van der Waals surface area (Å²) < 4.78 is 0. The summed E-state index contributed by atoms with van der Waals surface area (Å²) in [5, 5.41) is 2.67. The summed E-state index contributed by atoms with van der Waals surface area (Å²) in [6.07, 6.45) is 24.9. The summed E-state index contributed by atoms with van der Waals surface area (Å²) in [4.78, 5) is 0. The van der Waals surface area contributed by atoms with Gasteiger partial charge >= 0.3 is 0 Å². The highest BCUT2D eigenvalue weighted by Crippen LogP contribution is 2.72. The molecule has 0 spiro atoms. The molecule has 0 N–H and O–H groups in total. The second-order valence-corrected chi connectivity index (χ2v) is 34.7. The molecule has 0 heterocycles. The van der Waals surface area contributed by atoms with Crippen LogP contribution < -0.4 is 0 Å². The smallest absolute Gasteiger partial charge is 0.0162 e. The highest BCUT2D eigenvalue weighted by atomic mass is 14.7. The third-order valence-electron chi connectivity index (χ3n) is 26.1. The Bertz CT molecular complexity index is 4040. The van der Waals surface area contributed by atoms with Crippen LogP contribution in [0.4, 0.5) is 0 Å². The van der Waals surface area contributed by atoms with Crippen molar-refractivity contribution in [2.75, 3.05) is 0 Å². The molecule has 0 radical (unpaired) electrons. The van der Waals surface area contributed by atoms with E-state index in [2.05, 4.69) is 334 Å². The highest BCUT2D eigenvalue weighted by Gasteiger charge is 2.63. The van der Waals surface area contributed by atoms with E-state index in [0.717, 1.165) is 53.3 Å². The van der Waals surface area contributed by atoms with Gasteiger partial charge in [-0.15, -0.1) is 0 Å². The molecule has 5 unspecified atom stereocenters. The topological polar surface area (TPSA) is 0 Å². The second kappa shape index (κ2) is 34.4. The quantitative estimate of drug-likeness (QED) is 0.156. The Labute approximate surface area is 620 Å². The third kappa shape index (κ3) is 19.4. The summed E-state index contributed by atoms with van der Waals surface area (Å²) in [6, 6.07) is 83.7. The van der Waals surface area contributed by atoms with Crippen LogP contribution in [0.1, 0.15) is 225 Å². The lowest BCUT2D eigenvalue weighted by atomic mass is 9.39. The lowest BCUT2D eigenvalue weighted by Crippen LogP contribution is -2.57. The molecule has 0 saturated heterocycles. The third-order valence-corrected chi connectivity index (χ3v) is 26.1. The Morgan fingerprint density at radius 2 is 0.539 bits per heavy atom. The SMILES string of the molecule is CC1CC[C@@]2(C)C(CC[C@@]3(C)C4CC(C)C[C@@]4(C)CCC23)C1.Cc1ccc(-c2ccc(-c3ccc(C)cc3)cc2)cc1.Cc1ccc(-c2ccc(C)cc2)cc1.Cc1ccc(-c2ccc(C3CCC(C)CC3)cc2)cc1.Cc1ccc(C2CCC(C)CC2)cc1.Cc1ccc2cc(C)ccc2c1. The van der Waals surface area contributed by atoms with E-state index in [1.165, 1.54) is 215 Å². The molecule has 6 aliphatic carbocycles. The maximum atomic E-state index is 2.73. The number of benzene rings is 10. The van der Waals surface area contributed by atoms with Crippen molar-refractivity contribution in [1.29, 1.82) is 0 Å². The van der Waals surface area contributed by atoms with E-state index in [4.69, 9.17) is 0 Å². The molecule has 0 heteroatoms. The number of hydrogen-bond donors (Lipinski definition) is 0. The average molecular weight is 1350 g/mol. The molecule has 0 aliphatic heterocycles. The molecule has 0 aromatic heterocycles. The zero-order valence-corrected chi connectivity index (χ0v) is 65.7. The monoisotopic (exact) mass is 1350 g/mol. The van der Waals surface area contributed by atoms with Gasteiger partial charge in [0.1, 0.15) is 0 Å². The summed E-state index contributed by atoms with van der Waals surface area (Å²) >= 11 is 0. The average Bonchev–Trinajstić information content (AvgIpc) is 1.34. The number of aryl methyl sites for hydroxylation is 8. The van der Waals surface area contributed by atoms with Crippen molar-refractivity contribution in [3.8, 4) is 44.5 Å². The van der Waals surface area contributed by atoms with E-state index in [0.29, 0.717) is 16.2 Å². The standard InChI is InChI=1S/C22H38.C20H24.C20H18.C14H20.C14H14.C12H12/c1-15-6-10-21(4)17(12-15)7-11-22(5)18(21)8-9-20(3)14-16(2)13-19(20)22;2*1-15-3-7-17(8-4-15)19-11-13-20(14-12-19)18-9-5-16(2)6-10-18;2*1-11-3-7-13(8-4-11)14-9-5-12(2)6-10-14;1-9-3-5-12-8-10(2)4-6-11(12)7-9/h15-19H,6-14H2,1-5H3;3-4,7-8,11-14,16,18H,5-6,9-10H2,1-2H3;3-14H,1-2H3;3-4,7-8,12,14H,5-6,9-10H2,1-2H3;3-10H,1-2H3;3-8H,1-2H3/t15?,16?,17?,18?,19?,20-,21+,22-;;;;;/m1...../s1. The van der Waals surface area contributed by atoms with Gasteiger partial charge < -0.3 is 0 Å². The van der Waals surface area contributed by atoms with Crippen molar-refractivity contribution >= 4 is 10.8 Å². The van der Waals surface area contributed by atoms with Gasteiger partial charge in [0.15, 0.2) is 0 Å². The predicted molar refractivity (Wildman–Crippen MR) is 445 cm³/mol. The first kappa shape index (κ1) is 75.6. The van der Waals surface area contributed by atoms with Crippen LogP contribution in [-0.2, 0) is 0 Å². The first-order valence-electron chi connectivity index (χ1n) is 40.1. The fraction of sp³-hybridized carbons (Fsp3) is 0.431. The summed E-state index contributed by atoms with van der Waals surface area (Å²) in [7, 11) is 0.